The first-order valence-corrected chi connectivity index (χ1v) is 6.89. The summed E-state index contributed by atoms with van der Waals surface area (Å²) in [7, 11) is 0. The van der Waals surface area contributed by atoms with Crippen molar-refractivity contribution >= 4 is 49.4 Å². The van der Waals surface area contributed by atoms with E-state index in [2.05, 4.69) is 37.2 Å². The Morgan fingerprint density at radius 1 is 1.11 bits per heavy atom. The van der Waals surface area contributed by atoms with E-state index in [1.165, 1.54) is 6.92 Å². The quantitative estimate of drug-likeness (QED) is 0.842. The molecule has 4 nitrogen and oxygen atoms in total. The average Bonchev–Trinajstić information content (AvgIpc) is 2.25. The lowest BCUT2D eigenvalue weighted by molar-refractivity contribution is -0.145. The van der Waals surface area contributed by atoms with Gasteiger partial charge in [-0.15, -0.1) is 0 Å². The number of amides is 1. The van der Waals surface area contributed by atoms with Gasteiger partial charge in [0.2, 0.25) is 5.91 Å². The predicted molar refractivity (Wildman–Crippen MR) is 76.4 cm³/mol. The van der Waals surface area contributed by atoms with Crippen LogP contribution in [-0.4, -0.2) is 17.0 Å². The van der Waals surface area contributed by atoms with Crippen LogP contribution in [-0.2, 0) is 9.59 Å². The Balaban J connectivity index is 2.78. The molecule has 0 aliphatic carbocycles. The fourth-order valence-electron chi connectivity index (χ4n) is 1.32. The van der Waals surface area contributed by atoms with Crippen LogP contribution in [0.1, 0.15) is 13.8 Å². The highest BCUT2D eigenvalue weighted by Crippen LogP contribution is 2.24. The summed E-state index contributed by atoms with van der Waals surface area (Å²) in [4.78, 5) is 22.7. The minimum atomic E-state index is -0.979. The first kappa shape index (κ1) is 15.2. The second-order valence-electron chi connectivity index (χ2n) is 4.06. The van der Waals surface area contributed by atoms with Crippen molar-refractivity contribution in [2.75, 3.05) is 5.32 Å². The summed E-state index contributed by atoms with van der Waals surface area (Å²) in [6.07, 6.45) is 0. The van der Waals surface area contributed by atoms with E-state index in [-0.39, 0.29) is 5.91 Å². The molecule has 0 aliphatic heterocycles. The molecule has 2 N–H and O–H groups in total. The van der Waals surface area contributed by atoms with Crippen molar-refractivity contribution in [3.63, 3.8) is 0 Å². The van der Waals surface area contributed by atoms with E-state index in [1.807, 2.05) is 6.07 Å². The van der Waals surface area contributed by atoms with Crippen LogP contribution in [0, 0.1) is 11.8 Å². The summed E-state index contributed by atoms with van der Waals surface area (Å²) in [5.74, 6) is -2.61. The number of anilines is 1. The third kappa shape index (κ3) is 4.10. The second kappa shape index (κ2) is 6.33. The summed E-state index contributed by atoms with van der Waals surface area (Å²) in [5.41, 5.74) is 0.616. The molecule has 0 bridgehead atoms. The fourth-order valence-corrected chi connectivity index (χ4v) is 2.62. The van der Waals surface area contributed by atoms with Gasteiger partial charge in [0.25, 0.3) is 0 Å². The minimum Gasteiger partial charge on any atom is -0.481 e. The van der Waals surface area contributed by atoms with E-state index in [0.717, 1.165) is 8.95 Å². The van der Waals surface area contributed by atoms with Crippen molar-refractivity contribution in [3.05, 3.63) is 27.1 Å². The maximum absolute atomic E-state index is 11.9. The molecule has 2 atom stereocenters. The zero-order chi connectivity index (χ0) is 13.9. The Kier molecular flexibility index (Phi) is 5.34. The summed E-state index contributed by atoms with van der Waals surface area (Å²) in [5, 5.41) is 11.6. The van der Waals surface area contributed by atoms with Crippen molar-refractivity contribution in [1.29, 1.82) is 0 Å². The highest BCUT2D eigenvalue weighted by atomic mass is 79.9. The zero-order valence-corrected chi connectivity index (χ0v) is 13.1. The third-order valence-corrected chi connectivity index (χ3v) is 3.60. The molecule has 0 saturated heterocycles. The molecule has 0 fully saturated rings. The second-order valence-corrected chi connectivity index (χ2v) is 5.89. The number of carbonyl (C=O) groups is 2. The third-order valence-electron chi connectivity index (χ3n) is 2.68. The maximum Gasteiger partial charge on any atom is 0.307 e. The number of aliphatic carboxylic acids is 1. The molecule has 0 heterocycles. The highest BCUT2D eigenvalue weighted by Gasteiger charge is 2.25. The van der Waals surface area contributed by atoms with E-state index >= 15 is 0 Å². The topological polar surface area (TPSA) is 66.4 Å². The molecule has 1 amide bonds. The molecule has 98 valence electrons. The van der Waals surface area contributed by atoms with E-state index in [4.69, 9.17) is 5.11 Å². The Morgan fingerprint density at radius 2 is 1.61 bits per heavy atom. The molecule has 0 aromatic heterocycles. The molecule has 0 radical (unpaired) electrons. The zero-order valence-electron chi connectivity index (χ0n) is 9.91. The number of carbonyl (C=O) groups excluding carboxylic acids is 1. The molecule has 6 heteroatoms. The Hall–Kier alpha value is -0.880. The van der Waals surface area contributed by atoms with Gasteiger partial charge in [0, 0.05) is 20.6 Å². The summed E-state index contributed by atoms with van der Waals surface area (Å²) < 4.78 is 1.65. The minimum absolute atomic E-state index is 0.310. The smallest absolute Gasteiger partial charge is 0.307 e. The Morgan fingerprint density at radius 3 is 2.06 bits per heavy atom. The number of benzene rings is 1. The first-order chi connectivity index (χ1) is 8.31. The van der Waals surface area contributed by atoms with Gasteiger partial charge in [-0.2, -0.15) is 0 Å². The van der Waals surface area contributed by atoms with Crippen molar-refractivity contribution in [3.8, 4) is 0 Å². The standard InChI is InChI=1S/C12H13Br2NO3/c1-6(7(2)12(17)18)11(16)15-10-4-8(13)3-9(14)5-10/h3-7H,1-2H3,(H,15,16)(H,17,18). The molecular weight excluding hydrogens is 366 g/mol. The lowest BCUT2D eigenvalue weighted by Gasteiger charge is -2.16. The summed E-state index contributed by atoms with van der Waals surface area (Å²) in [6.45, 7) is 3.12. The molecule has 18 heavy (non-hydrogen) atoms. The largest absolute Gasteiger partial charge is 0.481 e. The normalized spacial score (nSPS) is 13.8. The number of carboxylic acids is 1. The molecular formula is C12H13Br2NO3. The van der Waals surface area contributed by atoms with Gasteiger partial charge >= 0.3 is 5.97 Å². The van der Waals surface area contributed by atoms with Gasteiger partial charge in [-0.1, -0.05) is 45.7 Å². The monoisotopic (exact) mass is 377 g/mol. The number of carboxylic acid groups (broad SMARTS) is 1. The van der Waals surface area contributed by atoms with Crippen molar-refractivity contribution in [2.24, 2.45) is 11.8 Å². The number of rotatable bonds is 4. The molecule has 1 rings (SSSR count). The lowest BCUT2D eigenvalue weighted by atomic mass is 9.95. The number of nitrogens with one attached hydrogen (secondary N) is 1. The molecule has 1 aromatic rings. The number of halogens is 2. The lowest BCUT2D eigenvalue weighted by Crippen LogP contribution is -2.29. The van der Waals surface area contributed by atoms with Gasteiger partial charge in [0.05, 0.1) is 5.92 Å². The molecule has 2 unspecified atom stereocenters. The summed E-state index contributed by atoms with van der Waals surface area (Å²) in [6, 6.07) is 5.35. The van der Waals surface area contributed by atoms with Crippen LogP contribution in [0.3, 0.4) is 0 Å². The molecule has 1 aromatic carbocycles. The average molecular weight is 379 g/mol. The SMILES string of the molecule is CC(C(=O)O)C(C)C(=O)Nc1cc(Br)cc(Br)c1. The van der Waals surface area contributed by atoms with Crippen LogP contribution < -0.4 is 5.32 Å². The number of hydrogen-bond acceptors (Lipinski definition) is 2. The van der Waals surface area contributed by atoms with Crippen molar-refractivity contribution in [1.82, 2.24) is 0 Å². The van der Waals surface area contributed by atoms with Crippen LogP contribution in [0.25, 0.3) is 0 Å². The number of hydrogen-bond donors (Lipinski definition) is 2. The van der Waals surface area contributed by atoms with Gasteiger partial charge < -0.3 is 10.4 Å². The van der Waals surface area contributed by atoms with Crippen LogP contribution >= 0.6 is 31.9 Å². The predicted octanol–water partition coefficient (Wildman–Crippen LogP) is 3.51. The van der Waals surface area contributed by atoms with E-state index in [9.17, 15) is 9.59 Å². The van der Waals surface area contributed by atoms with E-state index < -0.39 is 17.8 Å². The maximum atomic E-state index is 11.9. The van der Waals surface area contributed by atoms with Gasteiger partial charge in [-0.3, -0.25) is 9.59 Å². The van der Waals surface area contributed by atoms with Crippen molar-refractivity contribution < 1.29 is 14.7 Å². The van der Waals surface area contributed by atoms with Crippen LogP contribution in [0.5, 0.6) is 0 Å². The van der Waals surface area contributed by atoms with E-state index in [1.54, 1.807) is 19.1 Å². The van der Waals surface area contributed by atoms with Crippen LogP contribution in [0.2, 0.25) is 0 Å². The molecule has 0 spiro atoms. The van der Waals surface area contributed by atoms with Crippen LogP contribution in [0.4, 0.5) is 5.69 Å². The fraction of sp³-hybridized carbons (Fsp3) is 0.333. The summed E-state index contributed by atoms with van der Waals surface area (Å²) >= 11 is 6.63. The highest BCUT2D eigenvalue weighted by molar-refractivity contribution is 9.11. The van der Waals surface area contributed by atoms with E-state index in [0.29, 0.717) is 5.69 Å². The van der Waals surface area contributed by atoms with Gasteiger partial charge in [-0.25, -0.2) is 0 Å². The van der Waals surface area contributed by atoms with Gasteiger partial charge in [0.15, 0.2) is 0 Å². The Bertz CT molecular complexity index is 456. The molecule has 0 aliphatic rings. The molecule has 0 saturated carbocycles. The van der Waals surface area contributed by atoms with Gasteiger partial charge in [-0.05, 0) is 18.2 Å². The first-order valence-electron chi connectivity index (χ1n) is 5.31. The van der Waals surface area contributed by atoms with Crippen molar-refractivity contribution in [2.45, 2.75) is 13.8 Å². The van der Waals surface area contributed by atoms with Crippen LogP contribution in [0.15, 0.2) is 27.1 Å². The van der Waals surface area contributed by atoms with Gasteiger partial charge in [0.1, 0.15) is 0 Å². The Labute approximate surface area is 122 Å².